The minimum absolute atomic E-state index is 0.365. The number of aryl methyl sites for hydroxylation is 1. The van der Waals surface area contributed by atoms with Crippen molar-refractivity contribution < 1.29 is 14.6 Å². The summed E-state index contributed by atoms with van der Waals surface area (Å²) >= 11 is 0. The number of rotatable bonds is 6. The number of fused-ring (bicyclic) bond motifs is 2. The first-order valence-corrected chi connectivity index (χ1v) is 9.95. The quantitative estimate of drug-likeness (QED) is 0.633. The van der Waals surface area contributed by atoms with Crippen molar-refractivity contribution in [2.75, 3.05) is 12.4 Å². The minimum atomic E-state index is -0.921. The van der Waals surface area contributed by atoms with Gasteiger partial charge in [-0.05, 0) is 30.2 Å². The minimum Gasteiger partial charge on any atom is -0.496 e. The summed E-state index contributed by atoms with van der Waals surface area (Å²) in [5, 5.41) is 20.2. The zero-order valence-electron chi connectivity index (χ0n) is 16.9. The Balaban J connectivity index is 2.08. The van der Waals surface area contributed by atoms with Crippen LogP contribution in [0.15, 0.2) is 53.9 Å². The maximum atomic E-state index is 12.5. The Labute approximate surface area is 169 Å². The predicted molar refractivity (Wildman–Crippen MR) is 113 cm³/mol. The van der Waals surface area contributed by atoms with Crippen molar-refractivity contribution in [3.8, 4) is 5.75 Å². The molecule has 0 fully saturated rings. The van der Waals surface area contributed by atoms with Gasteiger partial charge in [0.25, 0.3) is 0 Å². The lowest BCUT2D eigenvalue weighted by Gasteiger charge is -2.29. The summed E-state index contributed by atoms with van der Waals surface area (Å²) < 4.78 is 7.56. The van der Waals surface area contributed by atoms with Gasteiger partial charge < -0.3 is 15.2 Å². The molecule has 2 aromatic carbocycles. The third-order valence-corrected chi connectivity index (χ3v) is 5.48. The van der Waals surface area contributed by atoms with E-state index in [0.29, 0.717) is 30.0 Å². The van der Waals surface area contributed by atoms with Gasteiger partial charge >= 0.3 is 5.97 Å². The topological polar surface area (TPSA) is 76.4 Å². The molecule has 4 rings (SSSR count). The number of hydrogen-bond donors (Lipinski definition) is 2. The second-order valence-corrected chi connectivity index (χ2v) is 7.20. The van der Waals surface area contributed by atoms with Crippen molar-refractivity contribution in [1.29, 1.82) is 0 Å². The molecule has 6 nitrogen and oxygen atoms in total. The molecule has 0 radical (unpaired) electrons. The number of anilines is 1. The van der Waals surface area contributed by atoms with Gasteiger partial charge in [0.15, 0.2) is 5.82 Å². The van der Waals surface area contributed by atoms with Crippen LogP contribution in [-0.4, -0.2) is 28.0 Å². The highest BCUT2D eigenvalue weighted by Crippen LogP contribution is 2.47. The third-order valence-electron chi connectivity index (χ3n) is 5.48. The Hall–Kier alpha value is -3.28. The van der Waals surface area contributed by atoms with Crippen molar-refractivity contribution in [2.45, 2.75) is 39.2 Å². The van der Waals surface area contributed by atoms with Crippen molar-refractivity contribution in [2.24, 2.45) is 0 Å². The second kappa shape index (κ2) is 7.62. The Bertz CT molecular complexity index is 1110. The van der Waals surface area contributed by atoms with Crippen LogP contribution in [0.1, 0.15) is 43.7 Å². The average Bonchev–Trinajstić information content (AvgIpc) is 3.15. The molecule has 0 spiro atoms. The number of carbonyl (C=O) groups is 1. The number of carboxylic acids is 1. The molecule has 2 heterocycles. The number of hydrogen-bond acceptors (Lipinski definition) is 4. The molecule has 6 heteroatoms. The maximum absolute atomic E-state index is 12.5. The van der Waals surface area contributed by atoms with Crippen molar-refractivity contribution in [1.82, 2.24) is 9.78 Å². The fourth-order valence-corrected chi connectivity index (χ4v) is 4.20. The van der Waals surface area contributed by atoms with Crippen molar-refractivity contribution in [3.63, 3.8) is 0 Å². The number of allylic oxidation sites excluding steroid dienone is 1. The van der Waals surface area contributed by atoms with E-state index in [1.54, 1.807) is 7.11 Å². The molecule has 2 N–H and O–H groups in total. The fraction of sp³-hybridized carbons (Fsp3) is 0.304. The number of nitrogens with zero attached hydrogens (tertiary/aromatic N) is 2. The van der Waals surface area contributed by atoms with Crippen molar-refractivity contribution >= 4 is 22.6 Å². The largest absolute Gasteiger partial charge is 0.496 e. The molecule has 29 heavy (non-hydrogen) atoms. The Morgan fingerprint density at radius 2 is 2.03 bits per heavy atom. The van der Waals surface area contributed by atoms with E-state index in [9.17, 15) is 9.90 Å². The number of benzene rings is 2. The highest BCUT2D eigenvalue weighted by Gasteiger charge is 2.37. The molecule has 1 unspecified atom stereocenters. The molecule has 0 saturated carbocycles. The lowest BCUT2D eigenvalue weighted by molar-refractivity contribution is -0.133. The smallest absolute Gasteiger partial charge is 0.334 e. The lowest BCUT2D eigenvalue weighted by Crippen LogP contribution is -2.24. The second-order valence-electron chi connectivity index (χ2n) is 7.20. The van der Waals surface area contributed by atoms with Crippen LogP contribution in [0.4, 0.5) is 5.82 Å². The fourth-order valence-electron chi connectivity index (χ4n) is 4.20. The van der Waals surface area contributed by atoms with Gasteiger partial charge in [-0.15, -0.1) is 0 Å². The van der Waals surface area contributed by atoms with Crippen LogP contribution < -0.4 is 10.1 Å². The molecule has 0 amide bonds. The van der Waals surface area contributed by atoms with E-state index in [1.807, 2.05) is 61.1 Å². The zero-order valence-corrected chi connectivity index (χ0v) is 16.9. The molecular weight excluding hydrogens is 366 g/mol. The summed E-state index contributed by atoms with van der Waals surface area (Å²) in [4.78, 5) is 12.5. The first-order chi connectivity index (χ1) is 14.1. The van der Waals surface area contributed by atoms with Crippen LogP contribution in [0.3, 0.4) is 0 Å². The summed E-state index contributed by atoms with van der Waals surface area (Å²) in [7, 11) is 1.63. The predicted octanol–water partition coefficient (Wildman–Crippen LogP) is 4.76. The van der Waals surface area contributed by atoms with Gasteiger partial charge in [-0.1, -0.05) is 43.7 Å². The lowest BCUT2D eigenvalue weighted by atomic mass is 9.79. The van der Waals surface area contributed by atoms with E-state index in [0.717, 1.165) is 34.1 Å². The summed E-state index contributed by atoms with van der Waals surface area (Å²) in [6, 6.07) is 11.9. The van der Waals surface area contributed by atoms with Gasteiger partial charge in [-0.3, -0.25) is 4.68 Å². The monoisotopic (exact) mass is 391 g/mol. The molecule has 0 bridgehead atoms. The molecule has 150 valence electrons. The normalized spacial score (nSPS) is 15.9. The van der Waals surface area contributed by atoms with Crippen LogP contribution in [0.25, 0.3) is 10.8 Å². The van der Waals surface area contributed by atoms with Gasteiger partial charge in [-0.25, -0.2) is 4.79 Å². The third kappa shape index (κ3) is 3.14. The van der Waals surface area contributed by atoms with Crippen molar-refractivity contribution in [3.05, 3.63) is 65.0 Å². The molecule has 1 aliphatic heterocycles. The van der Waals surface area contributed by atoms with Crippen LogP contribution in [0.5, 0.6) is 5.75 Å². The Morgan fingerprint density at radius 3 is 2.72 bits per heavy atom. The SMILES string of the molecule is CCCC1=C(C(=O)O)C(c2c(OC)ccc3ccccc23)c2cn(CC)nc2N1. The molecule has 1 aromatic heterocycles. The van der Waals surface area contributed by atoms with Gasteiger partial charge in [0.1, 0.15) is 5.75 Å². The first kappa shape index (κ1) is 19.1. The van der Waals surface area contributed by atoms with E-state index in [4.69, 9.17) is 4.74 Å². The van der Waals surface area contributed by atoms with E-state index in [1.165, 1.54) is 0 Å². The van der Waals surface area contributed by atoms with Crippen LogP contribution >= 0.6 is 0 Å². The summed E-state index contributed by atoms with van der Waals surface area (Å²) in [5.74, 6) is 0.0168. The molecule has 0 aliphatic carbocycles. The van der Waals surface area contributed by atoms with Crippen LogP contribution in [0.2, 0.25) is 0 Å². The highest BCUT2D eigenvalue weighted by atomic mass is 16.5. The summed E-state index contributed by atoms with van der Waals surface area (Å²) in [6.07, 6.45) is 3.42. The number of aliphatic carboxylic acids is 1. The van der Waals surface area contributed by atoms with Gasteiger partial charge in [0, 0.05) is 29.6 Å². The van der Waals surface area contributed by atoms with Crippen LogP contribution in [0, 0.1) is 0 Å². The molecular formula is C23H25N3O3. The Kier molecular flexibility index (Phi) is 5.01. The first-order valence-electron chi connectivity index (χ1n) is 9.95. The molecule has 3 aromatic rings. The number of methoxy groups -OCH3 is 1. The van der Waals surface area contributed by atoms with E-state index in [2.05, 4.69) is 10.4 Å². The van der Waals surface area contributed by atoms with Gasteiger partial charge in [-0.2, -0.15) is 5.10 Å². The average molecular weight is 391 g/mol. The van der Waals surface area contributed by atoms with E-state index in [-0.39, 0.29) is 0 Å². The standard InChI is InChI=1S/C23H25N3O3/c1-4-8-17-21(23(27)28)20(16-13-26(5-2)25-22(16)24-17)19-15-10-7-6-9-14(15)11-12-18(19)29-3/h6-7,9-13,20H,4-5,8H2,1-3H3,(H,24,25)(H,27,28). The summed E-state index contributed by atoms with van der Waals surface area (Å²) in [5.41, 5.74) is 2.81. The van der Waals surface area contributed by atoms with Gasteiger partial charge in [0.2, 0.25) is 0 Å². The number of nitrogens with one attached hydrogen (secondary N) is 1. The highest BCUT2D eigenvalue weighted by molar-refractivity contribution is 5.97. The number of aromatic nitrogens is 2. The number of carboxylic acid groups (broad SMARTS) is 1. The van der Waals surface area contributed by atoms with E-state index >= 15 is 0 Å². The zero-order chi connectivity index (χ0) is 20.5. The molecule has 0 saturated heterocycles. The molecule has 1 atom stereocenters. The maximum Gasteiger partial charge on any atom is 0.334 e. The molecule has 1 aliphatic rings. The van der Waals surface area contributed by atoms with Crippen LogP contribution in [-0.2, 0) is 11.3 Å². The summed E-state index contributed by atoms with van der Waals surface area (Å²) in [6.45, 7) is 4.77. The van der Waals surface area contributed by atoms with Gasteiger partial charge in [0.05, 0.1) is 18.6 Å². The van der Waals surface area contributed by atoms with E-state index < -0.39 is 11.9 Å². The Morgan fingerprint density at radius 1 is 1.24 bits per heavy atom. The number of ether oxygens (including phenoxy) is 1.